The summed E-state index contributed by atoms with van der Waals surface area (Å²) < 4.78 is 0. The number of nitrogens with zero attached hydrogens (tertiary/aromatic N) is 1. The molecule has 4 heteroatoms. The standard InChI is InChI=1S/C8H13NO3/c10-4-7-5-1-2-6(3-5)9(7)8(11)12/h5-7,10H,1-4H2,(H,11,12). The first-order chi connectivity index (χ1) is 5.74. The number of likely N-dealkylation sites (tertiary alicyclic amines) is 1. The van der Waals surface area contributed by atoms with Crippen LogP contribution in [-0.4, -0.2) is 39.9 Å². The van der Waals surface area contributed by atoms with Gasteiger partial charge < -0.3 is 10.2 Å². The predicted octanol–water partition coefficient (Wildman–Crippen LogP) is 0.510. The molecule has 2 bridgehead atoms. The van der Waals surface area contributed by atoms with E-state index in [0.29, 0.717) is 5.92 Å². The largest absolute Gasteiger partial charge is 0.465 e. The van der Waals surface area contributed by atoms with Crippen molar-refractivity contribution in [1.82, 2.24) is 4.90 Å². The Balaban J connectivity index is 2.16. The van der Waals surface area contributed by atoms with Gasteiger partial charge in [0.1, 0.15) is 0 Å². The van der Waals surface area contributed by atoms with Gasteiger partial charge in [0.05, 0.1) is 12.6 Å². The maximum Gasteiger partial charge on any atom is 0.407 e. The lowest BCUT2D eigenvalue weighted by Gasteiger charge is -2.31. The second-order valence-electron chi connectivity index (χ2n) is 3.67. The van der Waals surface area contributed by atoms with Crippen molar-refractivity contribution in [2.24, 2.45) is 5.92 Å². The highest BCUT2D eigenvalue weighted by molar-refractivity contribution is 5.66. The lowest BCUT2D eigenvalue weighted by molar-refractivity contribution is 0.0737. The van der Waals surface area contributed by atoms with Crippen LogP contribution in [0.25, 0.3) is 0 Å². The Labute approximate surface area is 70.8 Å². The fourth-order valence-electron chi connectivity index (χ4n) is 2.63. The van der Waals surface area contributed by atoms with Gasteiger partial charge in [0.2, 0.25) is 0 Å². The van der Waals surface area contributed by atoms with Gasteiger partial charge in [-0.2, -0.15) is 0 Å². The van der Waals surface area contributed by atoms with E-state index in [1.54, 1.807) is 0 Å². The van der Waals surface area contributed by atoms with Crippen LogP contribution in [0.2, 0.25) is 0 Å². The number of hydrogen-bond acceptors (Lipinski definition) is 2. The molecule has 2 rings (SSSR count). The van der Waals surface area contributed by atoms with E-state index in [2.05, 4.69) is 0 Å². The summed E-state index contributed by atoms with van der Waals surface area (Å²) in [5.74, 6) is 0.413. The molecule has 0 aromatic carbocycles. The normalized spacial score (nSPS) is 39.1. The Hall–Kier alpha value is -0.770. The van der Waals surface area contributed by atoms with Gasteiger partial charge in [0.15, 0.2) is 0 Å². The molecule has 1 saturated heterocycles. The second kappa shape index (κ2) is 2.62. The van der Waals surface area contributed by atoms with E-state index in [1.807, 2.05) is 0 Å². The minimum Gasteiger partial charge on any atom is -0.465 e. The molecule has 1 aliphatic heterocycles. The summed E-state index contributed by atoms with van der Waals surface area (Å²) in [5.41, 5.74) is 0. The van der Waals surface area contributed by atoms with E-state index in [1.165, 1.54) is 4.90 Å². The Morgan fingerprint density at radius 2 is 2.25 bits per heavy atom. The summed E-state index contributed by atoms with van der Waals surface area (Å²) >= 11 is 0. The average Bonchev–Trinajstić information content (AvgIpc) is 2.60. The van der Waals surface area contributed by atoms with Crippen LogP contribution in [0, 0.1) is 5.92 Å². The van der Waals surface area contributed by atoms with E-state index in [-0.39, 0.29) is 18.7 Å². The van der Waals surface area contributed by atoms with Crippen LogP contribution in [0.1, 0.15) is 19.3 Å². The van der Waals surface area contributed by atoms with Crippen LogP contribution in [0.3, 0.4) is 0 Å². The second-order valence-corrected chi connectivity index (χ2v) is 3.67. The molecule has 0 radical (unpaired) electrons. The van der Waals surface area contributed by atoms with Crippen molar-refractivity contribution in [3.05, 3.63) is 0 Å². The van der Waals surface area contributed by atoms with Crippen LogP contribution in [0.4, 0.5) is 4.79 Å². The first kappa shape index (κ1) is 7.86. The summed E-state index contributed by atoms with van der Waals surface area (Å²) in [6.45, 7) is -0.0204. The van der Waals surface area contributed by atoms with Gasteiger partial charge in [0, 0.05) is 6.04 Å². The molecule has 4 nitrogen and oxygen atoms in total. The number of aliphatic hydroxyl groups is 1. The molecule has 2 aliphatic rings. The lowest BCUT2D eigenvalue weighted by Crippen LogP contribution is -2.46. The maximum atomic E-state index is 10.8. The molecule has 68 valence electrons. The zero-order valence-electron chi connectivity index (χ0n) is 6.81. The van der Waals surface area contributed by atoms with Gasteiger partial charge in [-0.15, -0.1) is 0 Å². The minimum absolute atomic E-state index is 0.0204. The number of carboxylic acid groups (broad SMARTS) is 1. The number of aliphatic hydroxyl groups excluding tert-OH is 1. The van der Waals surface area contributed by atoms with Gasteiger partial charge in [-0.05, 0) is 25.2 Å². The highest BCUT2D eigenvalue weighted by Crippen LogP contribution is 2.41. The van der Waals surface area contributed by atoms with Gasteiger partial charge in [-0.3, -0.25) is 4.90 Å². The van der Waals surface area contributed by atoms with Crippen molar-refractivity contribution < 1.29 is 15.0 Å². The smallest absolute Gasteiger partial charge is 0.407 e. The summed E-state index contributed by atoms with van der Waals surface area (Å²) in [4.78, 5) is 12.2. The fraction of sp³-hybridized carbons (Fsp3) is 0.875. The quantitative estimate of drug-likeness (QED) is 0.604. The Morgan fingerprint density at radius 1 is 1.50 bits per heavy atom. The third-order valence-corrected chi connectivity index (χ3v) is 3.15. The first-order valence-corrected chi connectivity index (χ1v) is 4.36. The molecule has 0 aromatic rings. The van der Waals surface area contributed by atoms with Crippen molar-refractivity contribution in [2.45, 2.75) is 31.3 Å². The summed E-state index contributed by atoms with van der Waals surface area (Å²) in [7, 11) is 0. The van der Waals surface area contributed by atoms with Gasteiger partial charge in [-0.1, -0.05) is 0 Å². The number of amides is 1. The Bertz CT molecular complexity index is 206. The van der Waals surface area contributed by atoms with Gasteiger partial charge >= 0.3 is 6.09 Å². The molecule has 3 unspecified atom stereocenters. The van der Waals surface area contributed by atoms with Gasteiger partial charge in [-0.25, -0.2) is 4.79 Å². The Kier molecular flexibility index (Phi) is 1.72. The van der Waals surface area contributed by atoms with Crippen LogP contribution < -0.4 is 0 Å². The maximum absolute atomic E-state index is 10.8. The minimum atomic E-state index is -0.874. The SMILES string of the molecule is O=C(O)N1C2CCC(C2)C1CO. The van der Waals surface area contributed by atoms with Crippen LogP contribution in [0.15, 0.2) is 0 Å². The molecule has 2 fully saturated rings. The average molecular weight is 171 g/mol. The molecule has 12 heavy (non-hydrogen) atoms. The monoisotopic (exact) mass is 171 g/mol. The topological polar surface area (TPSA) is 60.8 Å². The molecule has 2 N–H and O–H groups in total. The number of piperidine rings is 1. The molecule has 0 spiro atoms. The molecule has 0 aromatic heterocycles. The van der Waals surface area contributed by atoms with Gasteiger partial charge in [0.25, 0.3) is 0 Å². The van der Waals surface area contributed by atoms with Crippen molar-refractivity contribution >= 4 is 6.09 Å². The highest BCUT2D eigenvalue weighted by Gasteiger charge is 2.47. The zero-order chi connectivity index (χ0) is 8.72. The third kappa shape index (κ3) is 0.909. The predicted molar refractivity (Wildman–Crippen MR) is 41.9 cm³/mol. The van der Waals surface area contributed by atoms with E-state index in [4.69, 9.17) is 10.2 Å². The number of rotatable bonds is 1. The molecule has 3 atom stereocenters. The van der Waals surface area contributed by atoms with Crippen LogP contribution in [-0.2, 0) is 0 Å². The first-order valence-electron chi connectivity index (χ1n) is 4.36. The van der Waals surface area contributed by atoms with E-state index in [9.17, 15) is 4.79 Å². The summed E-state index contributed by atoms with van der Waals surface area (Å²) in [6, 6.07) is 0.0610. The van der Waals surface area contributed by atoms with Crippen molar-refractivity contribution in [3.63, 3.8) is 0 Å². The highest BCUT2D eigenvalue weighted by atomic mass is 16.4. The lowest BCUT2D eigenvalue weighted by atomic mass is 10.00. The fourth-order valence-corrected chi connectivity index (χ4v) is 2.63. The molecule has 1 amide bonds. The van der Waals surface area contributed by atoms with Crippen molar-refractivity contribution in [3.8, 4) is 0 Å². The number of carbonyl (C=O) groups is 1. The summed E-state index contributed by atoms with van der Waals surface area (Å²) in [6.07, 6.45) is 2.14. The third-order valence-electron chi connectivity index (χ3n) is 3.15. The Morgan fingerprint density at radius 3 is 2.75 bits per heavy atom. The number of fused-ring (bicyclic) bond motifs is 2. The molecule has 1 aliphatic carbocycles. The molecular formula is C8H13NO3. The van der Waals surface area contributed by atoms with Crippen LogP contribution >= 0.6 is 0 Å². The molecule has 1 saturated carbocycles. The molecule has 1 heterocycles. The van der Waals surface area contributed by atoms with E-state index >= 15 is 0 Å². The van der Waals surface area contributed by atoms with Crippen molar-refractivity contribution in [2.75, 3.05) is 6.61 Å². The van der Waals surface area contributed by atoms with E-state index in [0.717, 1.165) is 19.3 Å². The summed E-state index contributed by atoms with van der Waals surface area (Å²) in [5, 5.41) is 17.9. The van der Waals surface area contributed by atoms with E-state index < -0.39 is 6.09 Å². The molecular weight excluding hydrogens is 158 g/mol. The van der Waals surface area contributed by atoms with Crippen LogP contribution in [0.5, 0.6) is 0 Å². The zero-order valence-corrected chi connectivity index (χ0v) is 6.81. The number of hydrogen-bond donors (Lipinski definition) is 2. The van der Waals surface area contributed by atoms with Crippen molar-refractivity contribution in [1.29, 1.82) is 0 Å².